The van der Waals surface area contributed by atoms with Gasteiger partial charge in [-0.05, 0) is 26.0 Å². The molecule has 0 saturated heterocycles. The number of thiazole rings is 1. The molecule has 0 aliphatic heterocycles. The van der Waals surface area contributed by atoms with E-state index in [2.05, 4.69) is 15.4 Å². The molecule has 0 spiro atoms. The summed E-state index contributed by atoms with van der Waals surface area (Å²) >= 11 is 1.43. The van der Waals surface area contributed by atoms with Crippen molar-refractivity contribution in [2.24, 2.45) is 7.05 Å². The van der Waals surface area contributed by atoms with Gasteiger partial charge in [0.1, 0.15) is 11.5 Å². The Labute approximate surface area is 125 Å². The molecule has 1 N–H and O–H groups in total. The predicted molar refractivity (Wildman–Crippen MR) is 80.5 cm³/mol. The van der Waals surface area contributed by atoms with E-state index < -0.39 is 0 Å². The summed E-state index contributed by atoms with van der Waals surface area (Å²) in [6.07, 6.45) is 1.59. The quantitative estimate of drug-likeness (QED) is 0.807. The Bertz CT molecular complexity index is 786. The Morgan fingerprint density at radius 2 is 2.24 bits per heavy atom. The van der Waals surface area contributed by atoms with Gasteiger partial charge in [0.25, 0.3) is 5.91 Å². The van der Waals surface area contributed by atoms with E-state index in [4.69, 9.17) is 4.42 Å². The summed E-state index contributed by atoms with van der Waals surface area (Å²) in [6.45, 7) is 3.74. The fraction of sp³-hybridized carbons (Fsp3) is 0.214. The molecule has 21 heavy (non-hydrogen) atoms. The van der Waals surface area contributed by atoms with Gasteiger partial charge in [0.05, 0.1) is 12.0 Å². The maximum absolute atomic E-state index is 12.3. The van der Waals surface area contributed by atoms with Crippen LogP contribution in [0.15, 0.2) is 28.9 Å². The van der Waals surface area contributed by atoms with Crippen LogP contribution in [-0.2, 0) is 7.05 Å². The molecule has 0 aromatic carbocycles. The summed E-state index contributed by atoms with van der Waals surface area (Å²) in [7, 11) is 1.78. The monoisotopic (exact) mass is 302 g/mol. The summed E-state index contributed by atoms with van der Waals surface area (Å²) in [6, 6.07) is 5.43. The largest absolute Gasteiger partial charge is 0.462 e. The van der Waals surface area contributed by atoms with Crippen LogP contribution in [0.1, 0.15) is 21.1 Å². The molecule has 3 aromatic rings. The lowest BCUT2D eigenvalue weighted by Gasteiger charge is -2.03. The van der Waals surface area contributed by atoms with Crippen molar-refractivity contribution in [3.63, 3.8) is 0 Å². The van der Waals surface area contributed by atoms with E-state index in [1.165, 1.54) is 11.3 Å². The highest BCUT2D eigenvalue weighted by Crippen LogP contribution is 2.28. The van der Waals surface area contributed by atoms with Crippen LogP contribution in [0.25, 0.3) is 10.8 Å². The van der Waals surface area contributed by atoms with Crippen molar-refractivity contribution in [3.05, 3.63) is 40.7 Å². The number of anilines is 1. The van der Waals surface area contributed by atoms with Gasteiger partial charge in [-0.2, -0.15) is 5.10 Å². The first-order valence-electron chi connectivity index (χ1n) is 6.38. The molecule has 0 fully saturated rings. The number of aromatic nitrogens is 3. The van der Waals surface area contributed by atoms with Crippen LogP contribution in [0.5, 0.6) is 0 Å². The lowest BCUT2D eigenvalue weighted by molar-refractivity contribution is 0.102. The molecule has 3 heterocycles. The first-order valence-corrected chi connectivity index (χ1v) is 7.19. The van der Waals surface area contributed by atoms with Crippen LogP contribution in [0.3, 0.4) is 0 Å². The van der Waals surface area contributed by atoms with Gasteiger partial charge in [-0.25, -0.2) is 4.98 Å². The van der Waals surface area contributed by atoms with E-state index in [1.807, 2.05) is 26.0 Å². The minimum absolute atomic E-state index is 0.246. The van der Waals surface area contributed by atoms with Crippen molar-refractivity contribution in [2.75, 3.05) is 5.32 Å². The molecule has 0 unspecified atom stereocenters. The van der Waals surface area contributed by atoms with Crippen molar-refractivity contribution in [3.8, 4) is 10.8 Å². The average Bonchev–Trinajstić information content (AvgIpc) is 3.11. The smallest absolute Gasteiger partial charge is 0.276 e. The van der Waals surface area contributed by atoms with Crippen LogP contribution >= 0.6 is 11.3 Å². The van der Waals surface area contributed by atoms with E-state index in [0.717, 1.165) is 10.6 Å². The normalized spacial score (nSPS) is 10.8. The molecule has 0 aliphatic rings. The van der Waals surface area contributed by atoms with Crippen molar-refractivity contribution < 1.29 is 9.21 Å². The van der Waals surface area contributed by atoms with Crippen LogP contribution in [0, 0.1) is 13.8 Å². The fourth-order valence-corrected chi connectivity index (χ4v) is 2.89. The van der Waals surface area contributed by atoms with Gasteiger partial charge in [0, 0.05) is 18.0 Å². The Balaban J connectivity index is 1.87. The minimum Gasteiger partial charge on any atom is -0.462 e. The third-order valence-electron chi connectivity index (χ3n) is 2.99. The van der Waals surface area contributed by atoms with Crippen molar-refractivity contribution in [1.82, 2.24) is 14.8 Å². The van der Waals surface area contributed by atoms with E-state index in [0.29, 0.717) is 22.3 Å². The van der Waals surface area contributed by atoms with Crippen LogP contribution < -0.4 is 5.32 Å². The lowest BCUT2D eigenvalue weighted by atomic mass is 10.3. The van der Waals surface area contributed by atoms with Crippen LogP contribution in [-0.4, -0.2) is 20.7 Å². The molecule has 0 aliphatic carbocycles. The number of nitrogens with one attached hydrogen (secondary N) is 1. The fourth-order valence-electron chi connectivity index (χ4n) is 2.02. The van der Waals surface area contributed by atoms with Crippen LogP contribution in [0.4, 0.5) is 5.82 Å². The van der Waals surface area contributed by atoms with Crippen LogP contribution in [0.2, 0.25) is 0 Å². The molecule has 0 bridgehead atoms. The minimum atomic E-state index is -0.246. The molecule has 6 nitrogen and oxygen atoms in total. The molecular formula is C14H14N4O2S. The molecule has 0 atom stereocenters. The summed E-state index contributed by atoms with van der Waals surface area (Å²) in [5.41, 5.74) is 1.25. The summed E-state index contributed by atoms with van der Waals surface area (Å²) < 4.78 is 6.94. The van der Waals surface area contributed by atoms with Gasteiger partial charge in [0.2, 0.25) is 0 Å². The Morgan fingerprint density at radius 1 is 1.43 bits per heavy atom. The molecule has 0 radical (unpaired) electrons. The maximum atomic E-state index is 12.3. The zero-order valence-electron chi connectivity index (χ0n) is 11.9. The molecule has 1 amide bonds. The lowest BCUT2D eigenvalue weighted by Crippen LogP contribution is -2.15. The number of furan rings is 1. The van der Waals surface area contributed by atoms with E-state index in [9.17, 15) is 4.79 Å². The second-order valence-electron chi connectivity index (χ2n) is 4.65. The van der Waals surface area contributed by atoms with Gasteiger partial charge in [-0.1, -0.05) is 0 Å². The average molecular weight is 302 g/mol. The van der Waals surface area contributed by atoms with Gasteiger partial charge >= 0.3 is 0 Å². The molecule has 3 aromatic heterocycles. The number of nitrogens with zero attached hydrogens (tertiary/aromatic N) is 3. The topological polar surface area (TPSA) is 73.0 Å². The second kappa shape index (κ2) is 5.17. The Kier molecular flexibility index (Phi) is 3.34. The highest BCUT2D eigenvalue weighted by Gasteiger charge is 2.18. The Morgan fingerprint density at radius 3 is 2.86 bits per heavy atom. The molecule has 0 saturated carbocycles. The number of carbonyl (C=O) groups is 1. The second-order valence-corrected chi connectivity index (χ2v) is 5.85. The van der Waals surface area contributed by atoms with Crippen molar-refractivity contribution in [1.29, 1.82) is 0 Å². The van der Waals surface area contributed by atoms with E-state index in [-0.39, 0.29) is 5.91 Å². The molecule has 108 valence electrons. The number of carbonyl (C=O) groups excluding carboxylic acids is 1. The molecular weight excluding hydrogens is 288 g/mol. The van der Waals surface area contributed by atoms with Gasteiger partial charge in [-0.15, -0.1) is 11.3 Å². The van der Waals surface area contributed by atoms with E-state index in [1.54, 1.807) is 24.1 Å². The SMILES string of the molecule is Cc1cc(NC(=O)c2nc(-c3ccco3)sc2C)n(C)n1. The summed E-state index contributed by atoms with van der Waals surface area (Å²) in [4.78, 5) is 17.6. The first-order chi connectivity index (χ1) is 10.0. The Hall–Kier alpha value is -2.41. The van der Waals surface area contributed by atoms with Gasteiger partial charge in [-0.3, -0.25) is 9.48 Å². The van der Waals surface area contributed by atoms with Gasteiger partial charge in [0.15, 0.2) is 10.8 Å². The van der Waals surface area contributed by atoms with Crippen molar-refractivity contribution >= 4 is 23.1 Å². The number of amides is 1. The highest BCUT2D eigenvalue weighted by atomic mass is 32.1. The highest BCUT2D eigenvalue weighted by molar-refractivity contribution is 7.15. The van der Waals surface area contributed by atoms with E-state index >= 15 is 0 Å². The standard InChI is InChI=1S/C14H14N4O2S/c1-8-7-11(18(3)17-8)15-13(19)12-9(2)21-14(16-12)10-5-4-6-20-10/h4-7H,1-3H3,(H,15,19). The number of hydrogen-bond acceptors (Lipinski definition) is 5. The zero-order chi connectivity index (χ0) is 15.0. The van der Waals surface area contributed by atoms with Gasteiger partial charge < -0.3 is 9.73 Å². The summed E-state index contributed by atoms with van der Waals surface area (Å²) in [5.74, 6) is 1.06. The molecule has 7 heteroatoms. The maximum Gasteiger partial charge on any atom is 0.276 e. The first kappa shape index (κ1) is 13.6. The zero-order valence-corrected chi connectivity index (χ0v) is 12.7. The number of hydrogen-bond donors (Lipinski definition) is 1. The third kappa shape index (κ3) is 2.59. The number of aryl methyl sites for hydroxylation is 3. The third-order valence-corrected chi connectivity index (χ3v) is 3.97. The van der Waals surface area contributed by atoms with Crippen molar-refractivity contribution in [2.45, 2.75) is 13.8 Å². The molecule has 3 rings (SSSR count). The summed E-state index contributed by atoms with van der Waals surface area (Å²) in [5, 5.41) is 7.72. The number of rotatable bonds is 3. The predicted octanol–water partition coefficient (Wildman–Crippen LogP) is 3.01.